The lowest BCUT2D eigenvalue weighted by molar-refractivity contribution is 0.0916. The van der Waals surface area contributed by atoms with Crippen LogP contribution in [0.4, 0.5) is 0 Å². The second-order valence-corrected chi connectivity index (χ2v) is 7.00. The zero-order chi connectivity index (χ0) is 28.6. The fourth-order valence-corrected chi connectivity index (χ4v) is 3.48. The quantitative estimate of drug-likeness (QED) is 0.547. The van der Waals surface area contributed by atoms with Gasteiger partial charge >= 0.3 is 0 Å². The number of benzene rings is 1. The molecule has 0 atom stereocenters. The minimum atomic E-state index is -3.57. The normalized spacial score (nSPS) is 29.2. The van der Waals surface area contributed by atoms with E-state index in [0.29, 0.717) is 26.9 Å². The van der Waals surface area contributed by atoms with Gasteiger partial charge in [0.2, 0.25) is 0 Å². The van der Waals surface area contributed by atoms with Crippen molar-refractivity contribution in [3.63, 3.8) is 0 Å². The summed E-state index contributed by atoms with van der Waals surface area (Å²) in [6.45, 7) is -6.31. The summed E-state index contributed by atoms with van der Waals surface area (Å²) in [4.78, 5) is 18.2. The highest BCUT2D eigenvalue weighted by Crippen LogP contribution is 2.30. The number of Topliss-reactive ketones (excluding diaryl/α,β-unsaturated/α-hetero) is 1. The Morgan fingerprint density at radius 3 is 2.68 bits per heavy atom. The Hall–Kier alpha value is -2.49. The highest BCUT2D eigenvalue weighted by atomic mass is 79.9. The Morgan fingerprint density at radius 2 is 2.00 bits per heavy atom. The van der Waals surface area contributed by atoms with Crippen molar-refractivity contribution in [1.29, 1.82) is 5.26 Å². The van der Waals surface area contributed by atoms with E-state index < -0.39 is 44.4 Å². The zero-order valence-electron chi connectivity index (χ0n) is 24.7. The number of halogens is 1. The van der Waals surface area contributed by atoms with E-state index in [-0.39, 0.29) is 16.0 Å². The average Bonchev–Trinajstić information content (AvgIpc) is 3.11. The average molecular weight is 447 g/mol. The number of carbonyl (C=O) groups excluding carboxylic acids is 1. The van der Waals surface area contributed by atoms with Crippen LogP contribution in [0, 0.1) is 18.3 Å². The van der Waals surface area contributed by atoms with Crippen molar-refractivity contribution in [2.45, 2.75) is 26.0 Å². The molecular formula is C22H21BrN4O. The first-order valence-corrected chi connectivity index (χ1v) is 9.12. The second-order valence-electron chi connectivity index (χ2n) is 6.08. The highest BCUT2D eigenvalue weighted by molar-refractivity contribution is 9.10. The van der Waals surface area contributed by atoms with Gasteiger partial charge in [-0.25, -0.2) is 0 Å². The van der Waals surface area contributed by atoms with E-state index in [4.69, 9.17) is 19.0 Å². The summed E-state index contributed by atoms with van der Waals surface area (Å²) in [7, 11) is 0. The smallest absolute Gasteiger partial charge is 0.180 e. The van der Waals surface area contributed by atoms with Crippen LogP contribution in [0.3, 0.4) is 0 Å². The van der Waals surface area contributed by atoms with Gasteiger partial charge in [0.05, 0.1) is 34.8 Å². The first-order chi connectivity index (χ1) is 17.3. The van der Waals surface area contributed by atoms with Gasteiger partial charge in [0.1, 0.15) is 0 Å². The molecule has 1 fully saturated rings. The maximum absolute atomic E-state index is 13.7. The van der Waals surface area contributed by atoms with Gasteiger partial charge < -0.3 is 4.57 Å². The number of nitrogens with zero attached hydrogens (tertiary/aromatic N) is 4. The summed E-state index contributed by atoms with van der Waals surface area (Å²) in [6, 6.07) is 10.2. The molecule has 0 unspecified atom stereocenters. The zero-order valence-corrected chi connectivity index (χ0v) is 16.3. The SMILES string of the molecule is [2H]C1([2H])N(CC(=O)c2c(C)n(-c3ccc(C#N)cc3)c3cc(Br)cnc23)C([2H])([2H])C([2H])([2H])C([2H])([2H])C1([2H])[2H]. The molecule has 5 nitrogen and oxygen atoms in total. The van der Waals surface area contributed by atoms with Crippen LogP contribution in [0.1, 0.15) is 54.4 Å². The summed E-state index contributed by atoms with van der Waals surface area (Å²) in [5.74, 6) is -0.864. The Kier molecular flexibility index (Phi) is 2.90. The number of pyridine rings is 1. The van der Waals surface area contributed by atoms with Gasteiger partial charge in [-0.15, -0.1) is 0 Å². The van der Waals surface area contributed by atoms with Gasteiger partial charge in [0.25, 0.3) is 0 Å². The Balaban J connectivity index is 1.88. The van der Waals surface area contributed by atoms with Crippen LogP contribution in [0.15, 0.2) is 41.0 Å². The van der Waals surface area contributed by atoms with Crippen molar-refractivity contribution in [2.24, 2.45) is 0 Å². The molecule has 6 heteroatoms. The number of hydrogen-bond acceptors (Lipinski definition) is 4. The first-order valence-electron chi connectivity index (χ1n) is 13.3. The molecule has 3 heterocycles. The minimum absolute atomic E-state index is 0.0156. The number of ketones is 1. The molecule has 28 heavy (non-hydrogen) atoms. The topological polar surface area (TPSA) is 61.9 Å². The molecule has 142 valence electrons. The van der Waals surface area contributed by atoms with Crippen LogP contribution >= 0.6 is 15.9 Å². The fraction of sp³-hybridized carbons (Fsp3) is 0.318. The highest BCUT2D eigenvalue weighted by Gasteiger charge is 2.24. The van der Waals surface area contributed by atoms with Crippen molar-refractivity contribution in [3.8, 4) is 11.8 Å². The number of likely N-dealkylation sites (tertiary alicyclic amines) is 1. The number of aromatic nitrogens is 2. The Labute approximate surface area is 186 Å². The molecule has 2 aromatic heterocycles. The lowest BCUT2D eigenvalue weighted by Gasteiger charge is -2.25. The molecule has 4 rings (SSSR count). The number of carbonyl (C=O) groups is 1. The summed E-state index contributed by atoms with van der Waals surface area (Å²) in [5.41, 5.74) is 1.99. The van der Waals surface area contributed by atoms with Gasteiger partial charge in [-0.2, -0.15) is 5.26 Å². The van der Waals surface area contributed by atoms with E-state index >= 15 is 0 Å². The molecule has 0 saturated carbocycles. The molecule has 0 spiro atoms. The fourth-order valence-electron chi connectivity index (χ4n) is 3.16. The molecule has 3 aromatic rings. The van der Waals surface area contributed by atoms with Gasteiger partial charge in [0, 0.05) is 35.8 Å². The van der Waals surface area contributed by atoms with Crippen LogP contribution < -0.4 is 0 Å². The molecule has 1 aliphatic heterocycles. The third kappa shape index (κ3) is 3.48. The predicted octanol–water partition coefficient (Wildman–Crippen LogP) is 4.64. The lowest BCUT2D eigenvalue weighted by atomic mass is 10.1. The van der Waals surface area contributed by atoms with Gasteiger partial charge in [-0.05, 0) is 78.9 Å². The van der Waals surface area contributed by atoms with Gasteiger partial charge in [0.15, 0.2) is 5.78 Å². The molecule has 0 radical (unpaired) electrons. The number of piperidine rings is 1. The lowest BCUT2D eigenvalue weighted by Crippen LogP contribution is -2.34. The second kappa shape index (κ2) is 7.86. The summed E-state index contributed by atoms with van der Waals surface area (Å²) >= 11 is 3.35. The van der Waals surface area contributed by atoms with Crippen molar-refractivity contribution < 1.29 is 18.5 Å². The monoisotopic (exact) mass is 446 g/mol. The van der Waals surface area contributed by atoms with E-state index in [0.717, 1.165) is 0 Å². The number of nitriles is 1. The molecule has 1 saturated heterocycles. The standard InChI is InChI=1S/C22H21BrN4O/c1-15-21(20(28)14-26-9-3-2-4-10-26)22-19(11-17(23)13-25-22)27(15)18-7-5-16(12-24)6-8-18/h5-8,11,13H,2-4,9-10,14H2,1H3/i2D2,3D2,4D2,9D2,10D2. The third-order valence-electron chi connectivity index (χ3n) is 4.35. The maximum atomic E-state index is 13.7. The summed E-state index contributed by atoms with van der Waals surface area (Å²) < 4.78 is 83.9. The van der Waals surface area contributed by atoms with Gasteiger partial charge in [-0.1, -0.05) is 6.37 Å². The summed E-state index contributed by atoms with van der Waals surface area (Å²) in [6.07, 6.45) is -9.18. The van der Waals surface area contributed by atoms with E-state index in [2.05, 4.69) is 20.9 Å². The first kappa shape index (κ1) is 10.3. The number of hydrogen-bond donors (Lipinski definition) is 0. The van der Waals surface area contributed by atoms with E-state index in [9.17, 15) is 4.79 Å². The molecular weight excluding hydrogens is 416 g/mol. The van der Waals surface area contributed by atoms with Crippen LogP contribution in [0.2, 0.25) is 0 Å². The van der Waals surface area contributed by atoms with Crippen molar-refractivity contribution >= 4 is 32.7 Å². The summed E-state index contributed by atoms with van der Waals surface area (Å²) in [5, 5.41) is 9.12. The molecule has 0 bridgehead atoms. The molecule has 1 aliphatic rings. The van der Waals surface area contributed by atoms with Crippen LogP contribution in [-0.4, -0.2) is 39.8 Å². The number of fused-ring (bicyclic) bond motifs is 1. The molecule has 0 aliphatic carbocycles. The Morgan fingerprint density at radius 1 is 1.29 bits per heavy atom. The van der Waals surface area contributed by atoms with E-state index in [1.807, 2.05) is 6.07 Å². The molecule has 1 aromatic carbocycles. The largest absolute Gasteiger partial charge is 0.311 e. The third-order valence-corrected chi connectivity index (χ3v) is 4.78. The molecule has 0 amide bonds. The van der Waals surface area contributed by atoms with Crippen LogP contribution in [0.25, 0.3) is 16.7 Å². The van der Waals surface area contributed by atoms with Crippen molar-refractivity contribution in [3.05, 3.63) is 57.8 Å². The van der Waals surface area contributed by atoms with Crippen molar-refractivity contribution in [1.82, 2.24) is 14.5 Å². The number of rotatable bonds is 4. The van der Waals surface area contributed by atoms with Crippen LogP contribution in [0.5, 0.6) is 0 Å². The van der Waals surface area contributed by atoms with Crippen molar-refractivity contribution in [2.75, 3.05) is 19.5 Å². The predicted molar refractivity (Wildman–Crippen MR) is 113 cm³/mol. The maximum Gasteiger partial charge on any atom is 0.180 e. The van der Waals surface area contributed by atoms with E-state index in [1.54, 1.807) is 41.8 Å². The molecule has 0 N–H and O–H groups in total. The van der Waals surface area contributed by atoms with E-state index in [1.165, 1.54) is 6.20 Å². The van der Waals surface area contributed by atoms with Crippen LogP contribution in [-0.2, 0) is 0 Å². The minimum Gasteiger partial charge on any atom is -0.311 e. The Bertz CT molecular complexity index is 1460. The van der Waals surface area contributed by atoms with Gasteiger partial charge in [-0.3, -0.25) is 14.7 Å².